The molecule has 1 aromatic rings. The molecule has 2 rings (SSSR count). The molecule has 0 saturated heterocycles. The minimum atomic E-state index is -0.888. The predicted molar refractivity (Wildman–Crippen MR) is 80.2 cm³/mol. The summed E-state index contributed by atoms with van der Waals surface area (Å²) >= 11 is 0. The fourth-order valence-electron chi connectivity index (χ4n) is 3.04. The number of carboxylic acids is 1. The predicted octanol–water partition coefficient (Wildman–Crippen LogP) is 3.72. The second kappa shape index (κ2) is 6.73. The molecule has 1 aromatic heterocycles. The van der Waals surface area contributed by atoms with E-state index in [1.54, 1.807) is 12.1 Å². The summed E-state index contributed by atoms with van der Waals surface area (Å²) in [6.07, 6.45) is 6.87. The Labute approximate surface area is 120 Å². The molecule has 0 bridgehead atoms. The van der Waals surface area contributed by atoms with E-state index in [1.165, 1.54) is 19.3 Å². The lowest BCUT2D eigenvalue weighted by molar-refractivity contribution is 0.0696. The van der Waals surface area contributed by atoms with E-state index < -0.39 is 5.97 Å². The summed E-state index contributed by atoms with van der Waals surface area (Å²) in [4.78, 5) is 15.7. The molecule has 2 N–H and O–H groups in total. The van der Waals surface area contributed by atoms with Crippen molar-refractivity contribution in [3.05, 3.63) is 23.4 Å². The first-order valence-corrected chi connectivity index (χ1v) is 7.64. The van der Waals surface area contributed by atoms with Crippen LogP contribution in [0.15, 0.2) is 12.1 Å². The number of aromatic nitrogens is 1. The third kappa shape index (κ3) is 3.50. The molecule has 0 aliphatic heterocycles. The minimum Gasteiger partial charge on any atom is -0.478 e. The van der Waals surface area contributed by atoms with Gasteiger partial charge in [0, 0.05) is 11.7 Å². The first kappa shape index (κ1) is 14.8. The number of carbonyl (C=O) groups is 1. The van der Waals surface area contributed by atoms with Gasteiger partial charge in [-0.1, -0.05) is 33.1 Å². The maximum atomic E-state index is 11.2. The van der Waals surface area contributed by atoms with Crippen LogP contribution < -0.4 is 5.32 Å². The van der Waals surface area contributed by atoms with Gasteiger partial charge < -0.3 is 10.4 Å². The molecule has 0 amide bonds. The maximum absolute atomic E-state index is 11.2. The topological polar surface area (TPSA) is 62.2 Å². The van der Waals surface area contributed by atoms with Crippen molar-refractivity contribution in [2.45, 2.75) is 58.4 Å². The largest absolute Gasteiger partial charge is 0.478 e. The van der Waals surface area contributed by atoms with E-state index >= 15 is 0 Å². The molecule has 0 spiro atoms. The number of aryl methyl sites for hydroxylation is 1. The average molecular weight is 276 g/mol. The van der Waals surface area contributed by atoms with Crippen LogP contribution in [0.25, 0.3) is 0 Å². The van der Waals surface area contributed by atoms with Crippen LogP contribution in [0.1, 0.15) is 62.0 Å². The minimum absolute atomic E-state index is 0.322. The van der Waals surface area contributed by atoms with Gasteiger partial charge in [-0.25, -0.2) is 9.78 Å². The highest BCUT2D eigenvalue weighted by Gasteiger charge is 2.24. The van der Waals surface area contributed by atoms with Gasteiger partial charge in [-0.2, -0.15) is 0 Å². The zero-order valence-corrected chi connectivity index (χ0v) is 12.4. The van der Waals surface area contributed by atoms with E-state index in [0.29, 0.717) is 23.3 Å². The molecule has 1 fully saturated rings. The molecular formula is C16H24N2O2. The Hall–Kier alpha value is -1.58. The highest BCUT2D eigenvalue weighted by molar-refractivity contribution is 5.88. The Morgan fingerprint density at radius 1 is 1.35 bits per heavy atom. The van der Waals surface area contributed by atoms with Crippen LogP contribution in [0.2, 0.25) is 0 Å². The van der Waals surface area contributed by atoms with Gasteiger partial charge in [0.15, 0.2) is 0 Å². The number of carboxylic acid groups (broad SMARTS) is 1. The highest BCUT2D eigenvalue weighted by atomic mass is 16.4. The fourth-order valence-corrected chi connectivity index (χ4v) is 3.04. The van der Waals surface area contributed by atoms with Crippen LogP contribution >= 0.6 is 0 Å². The molecule has 1 aliphatic carbocycles. The van der Waals surface area contributed by atoms with E-state index in [9.17, 15) is 9.90 Å². The van der Waals surface area contributed by atoms with Crippen molar-refractivity contribution in [2.24, 2.45) is 5.92 Å². The van der Waals surface area contributed by atoms with Crippen LogP contribution in [-0.4, -0.2) is 22.1 Å². The zero-order chi connectivity index (χ0) is 14.5. The van der Waals surface area contributed by atoms with Crippen LogP contribution in [-0.2, 0) is 6.42 Å². The molecule has 0 aromatic carbocycles. The Bertz CT molecular complexity index is 474. The third-order valence-electron chi connectivity index (χ3n) is 4.25. The van der Waals surface area contributed by atoms with Gasteiger partial charge in [0.25, 0.3) is 0 Å². The number of anilines is 1. The van der Waals surface area contributed by atoms with E-state index in [-0.39, 0.29) is 0 Å². The second-order valence-corrected chi connectivity index (χ2v) is 5.59. The lowest BCUT2D eigenvalue weighted by Gasteiger charge is -2.32. The summed E-state index contributed by atoms with van der Waals surface area (Å²) in [7, 11) is 0. The smallest absolute Gasteiger partial charge is 0.335 e. The number of pyridine rings is 1. The molecule has 2 unspecified atom stereocenters. The van der Waals surface area contributed by atoms with Gasteiger partial charge in [-0.15, -0.1) is 0 Å². The van der Waals surface area contributed by atoms with Crippen LogP contribution in [0.4, 0.5) is 5.82 Å². The molecule has 110 valence electrons. The summed E-state index contributed by atoms with van der Waals surface area (Å²) in [6, 6.07) is 3.74. The second-order valence-electron chi connectivity index (χ2n) is 5.59. The Balaban J connectivity index is 2.18. The van der Waals surface area contributed by atoms with Gasteiger partial charge in [0.05, 0.1) is 5.56 Å². The van der Waals surface area contributed by atoms with Gasteiger partial charge in [-0.05, 0) is 37.3 Å². The van der Waals surface area contributed by atoms with E-state index in [0.717, 1.165) is 25.0 Å². The number of rotatable bonds is 5. The summed E-state index contributed by atoms with van der Waals surface area (Å²) in [5.74, 6) is 0.497. The van der Waals surface area contributed by atoms with Gasteiger partial charge in [0.2, 0.25) is 0 Å². The number of nitrogens with zero attached hydrogens (tertiary/aromatic N) is 1. The van der Waals surface area contributed by atoms with Crippen LogP contribution in [0, 0.1) is 5.92 Å². The summed E-state index contributed by atoms with van der Waals surface area (Å²) < 4.78 is 0. The Morgan fingerprint density at radius 2 is 2.10 bits per heavy atom. The van der Waals surface area contributed by atoms with Gasteiger partial charge in [0.1, 0.15) is 5.82 Å². The number of aromatic carboxylic acids is 1. The quantitative estimate of drug-likeness (QED) is 0.860. The van der Waals surface area contributed by atoms with Crippen LogP contribution in [0.5, 0.6) is 0 Å². The normalized spacial score (nSPS) is 22.5. The summed E-state index contributed by atoms with van der Waals surface area (Å²) in [5.41, 5.74) is 1.15. The molecule has 4 nitrogen and oxygen atoms in total. The zero-order valence-electron chi connectivity index (χ0n) is 12.4. The van der Waals surface area contributed by atoms with E-state index in [1.807, 2.05) is 6.92 Å². The van der Waals surface area contributed by atoms with Crippen molar-refractivity contribution in [3.8, 4) is 0 Å². The highest BCUT2D eigenvalue weighted by Crippen LogP contribution is 2.29. The fraction of sp³-hybridized carbons (Fsp3) is 0.625. The number of nitrogens with one attached hydrogen (secondary N) is 1. The van der Waals surface area contributed by atoms with Crippen molar-refractivity contribution >= 4 is 11.8 Å². The summed E-state index contributed by atoms with van der Waals surface area (Å²) in [5, 5.41) is 12.7. The van der Waals surface area contributed by atoms with E-state index in [2.05, 4.69) is 17.2 Å². The maximum Gasteiger partial charge on any atom is 0.335 e. The van der Waals surface area contributed by atoms with Crippen molar-refractivity contribution in [3.63, 3.8) is 0 Å². The number of hydrogen-bond acceptors (Lipinski definition) is 3. The molecule has 0 radical (unpaired) electrons. The Morgan fingerprint density at radius 3 is 2.75 bits per heavy atom. The average Bonchev–Trinajstić information content (AvgIpc) is 2.47. The van der Waals surface area contributed by atoms with Crippen molar-refractivity contribution in [2.75, 3.05) is 5.32 Å². The van der Waals surface area contributed by atoms with Gasteiger partial charge >= 0.3 is 5.97 Å². The lowest BCUT2D eigenvalue weighted by Crippen LogP contribution is -2.32. The lowest BCUT2D eigenvalue weighted by atomic mass is 9.83. The molecule has 2 atom stereocenters. The van der Waals surface area contributed by atoms with Crippen molar-refractivity contribution in [1.29, 1.82) is 0 Å². The first-order chi connectivity index (χ1) is 9.63. The summed E-state index contributed by atoms with van der Waals surface area (Å²) in [6.45, 7) is 4.22. The van der Waals surface area contributed by atoms with Crippen molar-refractivity contribution < 1.29 is 9.90 Å². The molecule has 1 heterocycles. The Kier molecular flexibility index (Phi) is 4.99. The van der Waals surface area contributed by atoms with Crippen molar-refractivity contribution in [1.82, 2.24) is 4.98 Å². The van der Waals surface area contributed by atoms with E-state index in [4.69, 9.17) is 0 Å². The molecule has 1 saturated carbocycles. The first-order valence-electron chi connectivity index (χ1n) is 7.64. The van der Waals surface area contributed by atoms with Gasteiger partial charge in [-0.3, -0.25) is 0 Å². The number of hydrogen-bond donors (Lipinski definition) is 2. The SMILES string of the molecule is CCc1cc(C(=O)O)cc(NC2CCCCC2CC)n1. The monoisotopic (exact) mass is 276 g/mol. The molecule has 4 heteroatoms. The van der Waals surface area contributed by atoms with Crippen LogP contribution in [0.3, 0.4) is 0 Å². The molecule has 20 heavy (non-hydrogen) atoms. The standard InChI is InChI=1S/C16H24N2O2/c1-3-11-7-5-6-8-14(11)18-15-10-12(16(19)20)9-13(4-2)17-15/h9-11,14H,3-8H2,1-2H3,(H,17,18)(H,19,20). The molecule has 1 aliphatic rings. The molecular weight excluding hydrogens is 252 g/mol. The third-order valence-corrected chi connectivity index (χ3v) is 4.25.